The van der Waals surface area contributed by atoms with Crippen molar-refractivity contribution in [1.82, 2.24) is 0 Å². The van der Waals surface area contributed by atoms with Gasteiger partial charge in [-0.1, -0.05) is 29.7 Å². The van der Waals surface area contributed by atoms with Crippen LogP contribution < -0.4 is 0 Å². The first-order chi connectivity index (χ1) is 12.0. The summed E-state index contributed by atoms with van der Waals surface area (Å²) < 4.78 is 41.0. The van der Waals surface area contributed by atoms with Gasteiger partial charge in [0.05, 0.1) is 22.7 Å². The van der Waals surface area contributed by atoms with Crippen molar-refractivity contribution < 1.29 is 21.9 Å². The standard InChI is InChI=1S/C19H29BO5S/c1-16-10-12-17(13-11-16)26(21,22)23-15-9-7-6-8-14-20-24-18(2,3)19(4,5)25-20/h8,10-14H,6-7,9,15H2,1-5H3/b14-8+. The zero-order valence-electron chi connectivity index (χ0n) is 16.3. The summed E-state index contributed by atoms with van der Waals surface area (Å²) in [5.41, 5.74) is 0.345. The molecule has 0 saturated carbocycles. The first kappa shape index (κ1) is 21.2. The van der Waals surface area contributed by atoms with Crippen molar-refractivity contribution in [3.05, 3.63) is 41.9 Å². The third-order valence-corrected chi connectivity index (χ3v) is 6.20. The summed E-state index contributed by atoms with van der Waals surface area (Å²) in [7, 11) is -4.00. The van der Waals surface area contributed by atoms with E-state index in [9.17, 15) is 8.42 Å². The molecular weight excluding hydrogens is 351 g/mol. The van der Waals surface area contributed by atoms with Crippen LogP contribution in [0.4, 0.5) is 0 Å². The highest BCUT2D eigenvalue weighted by atomic mass is 32.2. The topological polar surface area (TPSA) is 61.8 Å². The van der Waals surface area contributed by atoms with E-state index in [4.69, 9.17) is 13.5 Å². The average molecular weight is 380 g/mol. The Morgan fingerprint density at radius 1 is 1.04 bits per heavy atom. The van der Waals surface area contributed by atoms with Gasteiger partial charge in [0.1, 0.15) is 0 Å². The minimum atomic E-state index is -3.67. The summed E-state index contributed by atoms with van der Waals surface area (Å²) in [5, 5.41) is 0. The summed E-state index contributed by atoms with van der Waals surface area (Å²) in [5.74, 6) is 1.92. The van der Waals surface area contributed by atoms with Crippen LogP contribution in [0.3, 0.4) is 0 Å². The minimum Gasteiger partial charge on any atom is -0.400 e. The Bertz CT molecular complexity index is 707. The molecule has 0 spiro atoms. The Balaban J connectivity index is 1.67. The molecule has 7 heteroatoms. The molecule has 0 atom stereocenters. The molecule has 1 fully saturated rings. The lowest BCUT2D eigenvalue weighted by Crippen LogP contribution is -2.41. The molecule has 0 amide bonds. The van der Waals surface area contributed by atoms with Gasteiger partial charge < -0.3 is 9.31 Å². The highest BCUT2D eigenvalue weighted by Crippen LogP contribution is 2.36. The molecule has 26 heavy (non-hydrogen) atoms. The van der Waals surface area contributed by atoms with E-state index >= 15 is 0 Å². The Morgan fingerprint density at radius 3 is 2.19 bits per heavy atom. The van der Waals surface area contributed by atoms with Crippen LogP contribution in [0.5, 0.6) is 0 Å². The second kappa shape index (κ2) is 8.25. The van der Waals surface area contributed by atoms with Crippen LogP contribution in [-0.4, -0.2) is 33.3 Å². The molecule has 0 aliphatic carbocycles. The summed E-state index contributed by atoms with van der Waals surface area (Å²) in [4.78, 5) is 0.198. The fourth-order valence-corrected chi connectivity index (χ4v) is 3.42. The molecule has 1 heterocycles. The highest BCUT2D eigenvalue weighted by Gasteiger charge is 2.49. The first-order valence-corrected chi connectivity index (χ1v) is 10.4. The number of hydrogen-bond acceptors (Lipinski definition) is 5. The molecule has 1 saturated heterocycles. The van der Waals surface area contributed by atoms with Crippen molar-refractivity contribution >= 4 is 17.2 Å². The zero-order valence-corrected chi connectivity index (χ0v) is 17.1. The number of allylic oxidation sites excluding steroid dienone is 1. The number of aryl methyl sites for hydroxylation is 1. The number of benzene rings is 1. The third kappa shape index (κ3) is 5.43. The summed E-state index contributed by atoms with van der Waals surface area (Å²) in [6.07, 6.45) is 4.33. The highest BCUT2D eigenvalue weighted by molar-refractivity contribution is 7.86. The monoisotopic (exact) mass is 380 g/mol. The molecule has 5 nitrogen and oxygen atoms in total. The number of hydrogen-bond donors (Lipinski definition) is 0. The third-order valence-electron chi connectivity index (χ3n) is 4.88. The fourth-order valence-electron chi connectivity index (χ4n) is 2.48. The van der Waals surface area contributed by atoms with Gasteiger partial charge in [-0.05, 0) is 66.0 Å². The second-order valence-corrected chi connectivity index (χ2v) is 9.25. The normalized spacial score (nSPS) is 19.3. The Labute approximate surface area is 158 Å². The van der Waals surface area contributed by atoms with Gasteiger partial charge in [0.25, 0.3) is 10.1 Å². The minimum absolute atomic E-state index is 0.181. The summed E-state index contributed by atoms with van der Waals surface area (Å²) >= 11 is 0. The SMILES string of the molecule is Cc1ccc(S(=O)(=O)OCCCC/C=C/B2OC(C)(C)C(C)(C)O2)cc1. The fraction of sp³-hybridized carbons (Fsp3) is 0.579. The largest absolute Gasteiger partial charge is 0.486 e. The molecule has 0 unspecified atom stereocenters. The van der Waals surface area contributed by atoms with Gasteiger partial charge >= 0.3 is 7.12 Å². The van der Waals surface area contributed by atoms with Crippen molar-refractivity contribution in [3.63, 3.8) is 0 Å². The molecule has 1 aromatic rings. The molecular formula is C19H29BO5S. The first-order valence-electron chi connectivity index (χ1n) is 9.02. The molecule has 0 radical (unpaired) electrons. The Morgan fingerprint density at radius 2 is 1.62 bits per heavy atom. The van der Waals surface area contributed by atoms with E-state index in [2.05, 4.69) is 0 Å². The van der Waals surface area contributed by atoms with E-state index in [1.807, 2.05) is 46.7 Å². The van der Waals surface area contributed by atoms with Gasteiger partial charge in [0, 0.05) is 0 Å². The quantitative estimate of drug-likeness (QED) is 0.387. The Hall–Kier alpha value is -1.15. The summed E-state index contributed by atoms with van der Waals surface area (Å²) in [6.45, 7) is 10.2. The predicted molar refractivity (Wildman–Crippen MR) is 103 cm³/mol. The van der Waals surface area contributed by atoms with E-state index < -0.39 is 10.1 Å². The number of unbranched alkanes of at least 4 members (excludes halogenated alkanes) is 2. The molecule has 1 aromatic carbocycles. The molecule has 1 aliphatic rings. The van der Waals surface area contributed by atoms with E-state index in [1.165, 1.54) is 0 Å². The maximum atomic E-state index is 12.1. The van der Waals surface area contributed by atoms with Crippen molar-refractivity contribution in [1.29, 1.82) is 0 Å². The number of rotatable bonds is 8. The van der Waals surface area contributed by atoms with E-state index in [0.717, 1.165) is 18.4 Å². The Kier molecular flexibility index (Phi) is 6.72. The van der Waals surface area contributed by atoms with Gasteiger partial charge in [0.2, 0.25) is 0 Å². The lowest BCUT2D eigenvalue weighted by Gasteiger charge is -2.32. The van der Waals surface area contributed by atoms with Gasteiger partial charge in [-0.25, -0.2) is 0 Å². The van der Waals surface area contributed by atoms with E-state index in [-0.39, 0.29) is 29.8 Å². The van der Waals surface area contributed by atoms with Gasteiger partial charge in [0.15, 0.2) is 0 Å². The van der Waals surface area contributed by atoms with Crippen molar-refractivity contribution in [2.45, 2.75) is 70.0 Å². The van der Waals surface area contributed by atoms with Crippen molar-refractivity contribution in [2.75, 3.05) is 6.61 Å². The maximum absolute atomic E-state index is 12.1. The van der Waals surface area contributed by atoms with Crippen LogP contribution in [0.2, 0.25) is 0 Å². The summed E-state index contributed by atoms with van der Waals surface area (Å²) in [6, 6.07) is 6.66. The molecule has 0 bridgehead atoms. The van der Waals surface area contributed by atoms with Crippen molar-refractivity contribution in [3.8, 4) is 0 Å². The smallest absolute Gasteiger partial charge is 0.400 e. The maximum Gasteiger partial charge on any atom is 0.486 e. The predicted octanol–water partition coefficient (Wildman–Crippen LogP) is 4.06. The van der Waals surface area contributed by atoms with Crippen LogP contribution >= 0.6 is 0 Å². The van der Waals surface area contributed by atoms with Crippen LogP contribution in [0.1, 0.15) is 52.5 Å². The van der Waals surface area contributed by atoms with Crippen LogP contribution in [0.25, 0.3) is 0 Å². The molecule has 0 aromatic heterocycles. The van der Waals surface area contributed by atoms with E-state index in [1.54, 1.807) is 24.3 Å². The van der Waals surface area contributed by atoms with Crippen LogP contribution in [0, 0.1) is 6.92 Å². The van der Waals surface area contributed by atoms with E-state index in [0.29, 0.717) is 6.42 Å². The molecule has 1 aliphatic heterocycles. The van der Waals surface area contributed by atoms with Gasteiger partial charge in [-0.3, -0.25) is 4.18 Å². The van der Waals surface area contributed by atoms with Gasteiger partial charge in [-0.15, -0.1) is 0 Å². The molecule has 144 valence electrons. The van der Waals surface area contributed by atoms with Crippen molar-refractivity contribution in [2.24, 2.45) is 0 Å². The average Bonchev–Trinajstić information content (AvgIpc) is 2.74. The lowest BCUT2D eigenvalue weighted by atomic mass is 9.89. The zero-order chi connectivity index (χ0) is 19.4. The van der Waals surface area contributed by atoms with Gasteiger partial charge in [-0.2, -0.15) is 8.42 Å². The molecule has 0 N–H and O–H groups in total. The van der Waals surface area contributed by atoms with Crippen LogP contribution in [-0.2, 0) is 23.6 Å². The second-order valence-electron chi connectivity index (χ2n) is 7.64. The lowest BCUT2D eigenvalue weighted by molar-refractivity contribution is 0.00578. The molecule has 2 rings (SSSR count). The van der Waals surface area contributed by atoms with Crippen LogP contribution in [0.15, 0.2) is 41.2 Å².